The fourth-order valence-corrected chi connectivity index (χ4v) is 2.77. The van der Waals surface area contributed by atoms with Crippen LogP contribution in [0.3, 0.4) is 0 Å². The molecule has 1 aliphatic carbocycles. The van der Waals surface area contributed by atoms with E-state index in [9.17, 15) is 5.11 Å². The van der Waals surface area contributed by atoms with Crippen molar-refractivity contribution in [2.75, 3.05) is 6.61 Å². The summed E-state index contributed by atoms with van der Waals surface area (Å²) in [5.41, 5.74) is 1.30. The Kier molecular flexibility index (Phi) is 4.57. The maximum atomic E-state index is 9.47. The first-order valence-corrected chi connectivity index (χ1v) is 6.70. The fraction of sp³-hybridized carbons (Fsp3) is 0.600. The summed E-state index contributed by atoms with van der Waals surface area (Å²) in [5, 5.41) is 13.1. The first kappa shape index (κ1) is 12.6. The summed E-state index contributed by atoms with van der Waals surface area (Å²) in [7, 11) is 0. The molecule has 0 heterocycles. The molecule has 1 aromatic rings. The minimum absolute atomic E-state index is 0.197. The van der Waals surface area contributed by atoms with E-state index < -0.39 is 0 Å². The topological polar surface area (TPSA) is 32.3 Å². The Labute approximate surface area is 104 Å². The average Bonchev–Trinajstić information content (AvgIpc) is 2.75. The zero-order chi connectivity index (χ0) is 12.1. The minimum atomic E-state index is 0.197. The number of benzene rings is 1. The third kappa shape index (κ3) is 3.55. The van der Waals surface area contributed by atoms with E-state index in [0.29, 0.717) is 6.04 Å². The van der Waals surface area contributed by atoms with Crippen LogP contribution < -0.4 is 5.32 Å². The Hall–Kier alpha value is -0.860. The van der Waals surface area contributed by atoms with Crippen LogP contribution in [0.5, 0.6) is 0 Å². The quantitative estimate of drug-likeness (QED) is 0.818. The summed E-state index contributed by atoms with van der Waals surface area (Å²) in [6.45, 7) is 2.53. The van der Waals surface area contributed by atoms with Gasteiger partial charge in [0, 0.05) is 12.1 Å². The summed E-state index contributed by atoms with van der Waals surface area (Å²) in [4.78, 5) is 0. The smallest absolute Gasteiger partial charge is 0.0587 e. The van der Waals surface area contributed by atoms with Crippen molar-refractivity contribution in [3.8, 4) is 0 Å². The average molecular weight is 233 g/mol. The number of hydrogen-bond donors (Lipinski definition) is 2. The highest BCUT2D eigenvalue weighted by atomic mass is 16.3. The Morgan fingerprint density at radius 2 is 2.06 bits per heavy atom. The van der Waals surface area contributed by atoms with Gasteiger partial charge in [-0.05, 0) is 30.7 Å². The first-order valence-electron chi connectivity index (χ1n) is 6.70. The van der Waals surface area contributed by atoms with Gasteiger partial charge < -0.3 is 10.4 Å². The lowest BCUT2D eigenvalue weighted by Crippen LogP contribution is -2.43. The molecule has 17 heavy (non-hydrogen) atoms. The Balaban J connectivity index is 1.88. The molecule has 0 aromatic heterocycles. The molecule has 1 aliphatic rings. The van der Waals surface area contributed by atoms with E-state index >= 15 is 0 Å². The summed E-state index contributed by atoms with van der Waals surface area (Å²) in [5.74, 6) is 0.750. The number of hydrogen-bond acceptors (Lipinski definition) is 2. The highest BCUT2D eigenvalue weighted by molar-refractivity contribution is 5.16. The van der Waals surface area contributed by atoms with Crippen LogP contribution in [0.1, 0.15) is 31.7 Å². The van der Waals surface area contributed by atoms with Gasteiger partial charge in [0.2, 0.25) is 0 Å². The standard InChI is InChI=1S/C15H23NO/c1-12-6-5-9-15(12)16-14(11-17)10-13-7-3-2-4-8-13/h2-4,7-8,12,14-17H,5-6,9-11H2,1H3/t12?,14-,15?/m1/s1. The van der Waals surface area contributed by atoms with Gasteiger partial charge in [-0.2, -0.15) is 0 Å². The largest absolute Gasteiger partial charge is 0.395 e. The van der Waals surface area contributed by atoms with Crippen LogP contribution in [-0.2, 0) is 6.42 Å². The van der Waals surface area contributed by atoms with Crippen LogP contribution in [0.2, 0.25) is 0 Å². The Morgan fingerprint density at radius 1 is 1.29 bits per heavy atom. The van der Waals surface area contributed by atoms with Crippen LogP contribution >= 0.6 is 0 Å². The van der Waals surface area contributed by atoms with Crippen LogP contribution in [-0.4, -0.2) is 23.8 Å². The lowest BCUT2D eigenvalue weighted by molar-refractivity contribution is 0.222. The minimum Gasteiger partial charge on any atom is -0.395 e. The van der Waals surface area contributed by atoms with Gasteiger partial charge in [-0.3, -0.25) is 0 Å². The van der Waals surface area contributed by atoms with E-state index in [1.807, 2.05) is 6.07 Å². The molecular weight excluding hydrogens is 210 g/mol. The van der Waals surface area contributed by atoms with Gasteiger partial charge in [0.15, 0.2) is 0 Å². The van der Waals surface area contributed by atoms with E-state index in [4.69, 9.17) is 0 Å². The van der Waals surface area contributed by atoms with E-state index in [1.54, 1.807) is 0 Å². The summed E-state index contributed by atoms with van der Waals surface area (Å²) >= 11 is 0. The molecule has 0 bridgehead atoms. The van der Waals surface area contributed by atoms with E-state index in [-0.39, 0.29) is 12.6 Å². The fourth-order valence-electron chi connectivity index (χ4n) is 2.77. The SMILES string of the molecule is CC1CCCC1N[C@@H](CO)Cc1ccccc1. The van der Waals surface area contributed by atoms with E-state index in [2.05, 4.69) is 36.5 Å². The van der Waals surface area contributed by atoms with Gasteiger partial charge in [-0.1, -0.05) is 43.7 Å². The van der Waals surface area contributed by atoms with Gasteiger partial charge in [0.05, 0.1) is 6.61 Å². The molecule has 0 amide bonds. The third-order valence-corrected chi connectivity index (χ3v) is 3.86. The Bertz CT molecular complexity index is 325. The lowest BCUT2D eigenvalue weighted by atomic mass is 10.0. The normalized spacial score (nSPS) is 26.0. The molecule has 1 saturated carbocycles. The maximum absolute atomic E-state index is 9.47. The number of rotatable bonds is 5. The van der Waals surface area contributed by atoms with Crippen LogP contribution in [0.15, 0.2) is 30.3 Å². The third-order valence-electron chi connectivity index (χ3n) is 3.86. The zero-order valence-electron chi connectivity index (χ0n) is 10.6. The van der Waals surface area contributed by atoms with Gasteiger partial charge in [0.1, 0.15) is 0 Å². The second-order valence-electron chi connectivity index (χ2n) is 5.25. The molecule has 0 saturated heterocycles. The van der Waals surface area contributed by atoms with Crippen molar-refractivity contribution in [2.45, 2.75) is 44.7 Å². The molecule has 2 nitrogen and oxygen atoms in total. The molecule has 1 aromatic carbocycles. The van der Waals surface area contributed by atoms with Gasteiger partial charge in [-0.25, -0.2) is 0 Å². The molecule has 2 N–H and O–H groups in total. The Morgan fingerprint density at radius 3 is 2.65 bits per heavy atom. The van der Waals surface area contributed by atoms with Crippen LogP contribution in [0.25, 0.3) is 0 Å². The molecule has 2 rings (SSSR count). The molecule has 0 radical (unpaired) electrons. The number of nitrogens with one attached hydrogen (secondary N) is 1. The number of aliphatic hydroxyl groups is 1. The summed E-state index contributed by atoms with van der Waals surface area (Å²) < 4.78 is 0. The van der Waals surface area contributed by atoms with Gasteiger partial charge in [-0.15, -0.1) is 0 Å². The molecule has 1 fully saturated rings. The zero-order valence-corrected chi connectivity index (χ0v) is 10.6. The first-order chi connectivity index (χ1) is 8.29. The number of aliphatic hydroxyl groups excluding tert-OH is 1. The van der Waals surface area contributed by atoms with Crippen molar-refractivity contribution >= 4 is 0 Å². The monoisotopic (exact) mass is 233 g/mol. The maximum Gasteiger partial charge on any atom is 0.0587 e. The molecule has 2 unspecified atom stereocenters. The predicted molar refractivity (Wildman–Crippen MR) is 71.0 cm³/mol. The van der Waals surface area contributed by atoms with Crippen molar-refractivity contribution in [3.05, 3.63) is 35.9 Å². The predicted octanol–water partition coefficient (Wildman–Crippen LogP) is 2.37. The highest BCUT2D eigenvalue weighted by Gasteiger charge is 2.25. The van der Waals surface area contributed by atoms with Crippen molar-refractivity contribution in [2.24, 2.45) is 5.92 Å². The summed E-state index contributed by atoms with van der Waals surface area (Å²) in [6.07, 6.45) is 4.82. The second-order valence-corrected chi connectivity index (χ2v) is 5.25. The molecule has 3 atom stereocenters. The van der Waals surface area contributed by atoms with Crippen LogP contribution in [0, 0.1) is 5.92 Å². The van der Waals surface area contributed by atoms with E-state index in [1.165, 1.54) is 24.8 Å². The van der Waals surface area contributed by atoms with Crippen molar-refractivity contribution < 1.29 is 5.11 Å². The van der Waals surface area contributed by atoms with E-state index in [0.717, 1.165) is 12.3 Å². The van der Waals surface area contributed by atoms with Crippen molar-refractivity contribution in [1.29, 1.82) is 0 Å². The molecule has 0 spiro atoms. The second kappa shape index (κ2) is 6.18. The molecular formula is C15H23NO. The molecule has 94 valence electrons. The summed E-state index contributed by atoms with van der Waals surface area (Å²) in [6, 6.07) is 11.2. The van der Waals surface area contributed by atoms with Gasteiger partial charge in [0.25, 0.3) is 0 Å². The molecule has 0 aliphatic heterocycles. The van der Waals surface area contributed by atoms with Gasteiger partial charge >= 0.3 is 0 Å². The molecule has 2 heteroatoms. The van der Waals surface area contributed by atoms with Crippen molar-refractivity contribution in [3.63, 3.8) is 0 Å². The lowest BCUT2D eigenvalue weighted by Gasteiger charge is -2.24. The highest BCUT2D eigenvalue weighted by Crippen LogP contribution is 2.25. The van der Waals surface area contributed by atoms with Crippen LogP contribution in [0.4, 0.5) is 0 Å². The van der Waals surface area contributed by atoms with Crippen molar-refractivity contribution in [1.82, 2.24) is 5.32 Å².